The molecule has 0 radical (unpaired) electrons. The summed E-state index contributed by atoms with van der Waals surface area (Å²) in [6.07, 6.45) is 5.25. The lowest BCUT2D eigenvalue weighted by Gasteiger charge is -2.18. The molecule has 1 heterocycles. The van der Waals surface area contributed by atoms with E-state index in [0.29, 0.717) is 22.7 Å². The lowest BCUT2D eigenvalue weighted by molar-refractivity contribution is 0.266. The number of primary sulfonamides is 1. The van der Waals surface area contributed by atoms with Gasteiger partial charge in [0.1, 0.15) is 5.69 Å². The smallest absolute Gasteiger partial charge is 0.273 e. The van der Waals surface area contributed by atoms with E-state index in [9.17, 15) is 12.8 Å². The molecule has 0 spiro atoms. The van der Waals surface area contributed by atoms with Crippen molar-refractivity contribution in [2.24, 2.45) is 16.6 Å². The standard InChI is InChI=1S/C22H23FN2O4S.2CH3NOS.CH4.H2O/c1-28-18-12-11-15(13-17(18)23)20-21(16-9-5-6-10-19(16)30(24,26)27)29-22(25-20)14-7-3-2-4-8-14;2*2-1(3)4;;/h5-6,9-14H,2-4,7-8H2,1H3,(H2,24,26,27);2*(H3,2,3,4);1H4;1H2. The van der Waals surface area contributed by atoms with Gasteiger partial charge in [0.2, 0.25) is 10.0 Å². The average Bonchev–Trinajstić information content (AvgIpc) is 3.29. The number of ether oxygens (including phenoxy) is 1. The molecule has 40 heavy (non-hydrogen) atoms. The third kappa shape index (κ3) is 10.8. The molecule has 0 atom stereocenters. The molecule has 3 aromatic rings. The van der Waals surface area contributed by atoms with E-state index >= 15 is 0 Å². The van der Waals surface area contributed by atoms with Crippen molar-refractivity contribution in [3.05, 3.63) is 54.2 Å². The van der Waals surface area contributed by atoms with Crippen LogP contribution >= 0.6 is 25.3 Å². The Morgan fingerprint density at radius 2 is 1.60 bits per heavy atom. The molecule has 1 aromatic heterocycles. The fourth-order valence-corrected chi connectivity index (χ4v) is 4.69. The number of halogens is 1. The van der Waals surface area contributed by atoms with Gasteiger partial charge in [0.05, 0.1) is 12.0 Å². The second kappa shape index (κ2) is 16.9. The van der Waals surface area contributed by atoms with E-state index in [1.54, 1.807) is 24.3 Å². The third-order valence-electron chi connectivity index (χ3n) is 5.46. The highest BCUT2D eigenvalue weighted by atomic mass is 32.2. The summed E-state index contributed by atoms with van der Waals surface area (Å²) in [4.78, 5) is 22.8. The van der Waals surface area contributed by atoms with Gasteiger partial charge in [-0.05, 0) is 43.2 Å². The number of sulfonamides is 1. The molecule has 2 amide bonds. The molecular weight excluding hydrogens is 583 g/mol. The van der Waals surface area contributed by atoms with Crippen molar-refractivity contribution >= 4 is 45.8 Å². The van der Waals surface area contributed by atoms with E-state index in [4.69, 9.17) is 28.9 Å². The zero-order valence-electron chi connectivity index (χ0n) is 21.0. The summed E-state index contributed by atoms with van der Waals surface area (Å²) >= 11 is 6.21. The van der Waals surface area contributed by atoms with Gasteiger partial charge in [0.15, 0.2) is 23.2 Å². The lowest BCUT2D eigenvalue weighted by atomic mass is 9.89. The monoisotopic (exact) mass is 618 g/mol. The van der Waals surface area contributed by atoms with Gasteiger partial charge in [-0.15, -0.1) is 0 Å². The summed E-state index contributed by atoms with van der Waals surface area (Å²) in [6.45, 7) is 0. The number of primary amides is 2. The SMILES string of the molecule is C.COc1ccc(-c2nc(C3CCCCC3)oc2-c2ccccc2S(N)(=O)=O)cc1F.NC(=O)S.NC(=O)S.O. The first-order valence-corrected chi connectivity index (χ1v) is 13.7. The first kappa shape index (κ1) is 36.9. The molecule has 2 aromatic carbocycles. The molecule has 1 fully saturated rings. The molecule has 1 aliphatic carbocycles. The number of hydrogen-bond donors (Lipinski definition) is 5. The van der Waals surface area contributed by atoms with Crippen LogP contribution in [-0.4, -0.2) is 36.5 Å². The van der Waals surface area contributed by atoms with Crippen LogP contribution in [0.3, 0.4) is 0 Å². The Balaban J connectivity index is 0.00000135. The van der Waals surface area contributed by atoms with Crippen molar-refractivity contribution in [2.75, 3.05) is 7.11 Å². The van der Waals surface area contributed by atoms with Gasteiger partial charge in [-0.25, -0.2) is 22.9 Å². The number of rotatable bonds is 5. The number of aromatic nitrogens is 1. The van der Waals surface area contributed by atoms with Crippen LogP contribution < -0.4 is 21.3 Å². The fraction of sp³-hybridized carbons (Fsp3) is 0.320. The quantitative estimate of drug-likeness (QED) is 0.255. The van der Waals surface area contributed by atoms with Crippen LogP contribution in [0.1, 0.15) is 51.3 Å². The number of thiol groups is 2. The van der Waals surface area contributed by atoms with Crippen molar-refractivity contribution < 1.29 is 37.0 Å². The van der Waals surface area contributed by atoms with Crippen molar-refractivity contribution in [3.8, 4) is 28.3 Å². The molecule has 0 aliphatic heterocycles. The molecule has 0 unspecified atom stereocenters. The summed E-state index contributed by atoms with van der Waals surface area (Å²) in [5, 5.41) is 4.15. The maximum Gasteiger partial charge on any atom is 0.273 e. The van der Waals surface area contributed by atoms with Gasteiger partial charge in [-0.3, -0.25) is 9.59 Å². The molecule has 11 nitrogen and oxygen atoms in total. The normalized spacial score (nSPS) is 12.7. The van der Waals surface area contributed by atoms with Crippen LogP contribution in [-0.2, 0) is 10.0 Å². The van der Waals surface area contributed by atoms with Crippen molar-refractivity contribution in [1.29, 1.82) is 0 Å². The molecule has 15 heteroatoms. The van der Waals surface area contributed by atoms with E-state index < -0.39 is 26.3 Å². The predicted octanol–water partition coefficient (Wildman–Crippen LogP) is 4.65. The van der Waals surface area contributed by atoms with Crippen LogP contribution in [0.2, 0.25) is 0 Å². The van der Waals surface area contributed by atoms with Gasteiger partial charge in [-0.2, -0.15) is 0 Å². The van der Waals surface area contributed by atoms with E-state index in [-0.39, 0.29) is 35.2 Å². The van der Waals surface area contributed by atoms with E-state index in [1.807, 2.05) is 0 Å². The Morgan fingerprint density at radius 3 is 2.10 bits per heavy atom. The van der Waals surface area contributed by atoms with Crippen molar-refractivity contribution in [1.82, 2.24) is 4.98 Å². The maximum absolute atomic E-state index is 14.4. The highest BCUT2D eigenvalue weighted by Gasteiger charge is 2.27. The molecule has 222 valence electrons. The zero-order chi connectivity index (χ0) is 28.5. The summed E-state index contributed by atoms with van der Waals surface area (Å²) in [6, 6.07) is 10.8. The van der Waals surface area contributed by atoms with Gasteiger partial charge in [-0.1, -0.05) is 64.1 Å². The van der Waals surface area contributed by atoms with Gasteiger partial charge >= 0.3 is 0 Å². The number of nitrogens with two attached hydrogens (primary N) is 3. The topological polar surface area (TPSA) is 213 Å². The van der Waals surface area contributed by atoms with Crippen LogP contribution in [0.4, 0.5) is 14.0 Å². The number of carbonyl (C=O) groups excluding carboxylic acids is 2. The highest BCUT2D eigenvalue weighted by molar-refractivity contribution is 7.96. The van der Waals surface area contributed by atoms with Gasteiger partial charge < -0.3 is 26.1 Å². The van der Waals surface area contributed by atoms with E-state index in [1.165, 1.54) is 31.7 Å². The minimum absolute atomic E-state index is 0. The Labute approximate surface area is 243 Å². The van der Waals surface area contributed by atoms with E-state index in [0.717, 1.165) is 25.7 Å². The van der Waals surface area contributed by atoms with Crippen molar-refractivity contribution in [3.63, 3.8) is 0 Å². The van der Waals surface area contributed by atoms with Crippen LogP contribution in [0, 0.1) is 5.82 Å². The molecule has 0 saturated heterocycles. The molecule has 8 N–H and O–H groups in total. The number of amides is 2. The van der Waals surface area contributed by atoms with Crippen molar-refractivity contribution in [2.45, 2.75) is 50.3 Å². The number of nitrogens with zero attached hydrogens (tertiary/aromatic N) is 1. The Hall–Kier alpha value is -3.11. The maximum atomic E-state index is 14.4. The molecule has 4 rings (SSSR count). The van der Waals surface area contributed by atoms with E-state index in [2.05, 4.69) is 36.7 Å². The Kier molecular flexibility index (Phi) is 15.6. The number of oxazole rings is 1. The molecule has 1 aliphatic rings. The fourth-order valence-electron chi connectivity index (χ4n) is 3.96. The number of benzene rings is 2. The minimum Gasteiger partial charge on any atom is -0.494 e. The summed E-state index contributed by atoms with van der Waals surface area (Å²) in [7, 11) is -2.60. The van der Waals surface area contributed by atoms with Gasteiger partial charge in [0.25, 0.3) is 10.5 Å². The van der Waals surface area contributed by atoms with Crippen LogP contribution in [0.15, 0.2) is 51.8 Å². The highest BCUT2D eigenvalue weighted by Crippen LogP contribution is 2.41. The molecule has 0 bridgehead atoms. The largest absolute Gasteiger partial charge is 0.494 e. The predicted molar refractivity (Wildman–Crippen MR) is 159 cm³/mol. The number of methoxy groups -OCH3 is 1. The lowest BCUT2D eigenvalue weighted by Crippen LogP contribution is -2.13. The number of carbonyl (C=O) groups is 2. The van der Waals surface area contributed by atoms with Crippen LogP contribution in [0.25, 0.3) is 22.6 Å². The second-order valence-corrected chi connectivity index (χ2v) is 10.5. The minimum atomic E-state index is -4.00. The number of hydrogen-bond acceptors (Lipinski definition) is 7. The Bertz CT molecular complexity index is 1360. The summed E-state index contributed by atoms with van der Waals surface area (Å²) in [5.41, 5.74) is 9.83. The summed E-state index contributed by atoms with van der Waals surface area (Å²) < 4.78 is 49.9. The third-order valence-corrected chi connectivity index (χ3v) is 6.43. The first-order chi connectivity index (χ1) is 17.8. The molecule has 1 saturated carbocycles. The average molecular weight is 619 g/mol. The first-order valence-electron chi connectivity index (χ1n) is 11.3. The summed E-state index contributed by atoms with van der Waals surface area (Å²) in [5.74, 6) is 0.532. The molecular formula is C25H35FN4O7S3. The zero-order valence-corrected chi connectivity index (χ0v) is 23.6. The van der Waals surface area contributed by atoms with Crippen LogP contribution in [0.5, 0.6) is 5.75 Å². The Morgan fingerprint density at radius 1 is 1.05 bits per heavy atom. The van der Waals surface area contributed by atoms with Gasteiger partial charge in [0, 0.05) is 17.0 Å². The second-order valence-electron chi connectivity index (χ2n) is 8.13.